The molecule has 1 aromatic carbocycles. The second kappa shape index (κ2) is 8.34. The van der Waals surface area contributed by atoms with Crippen molar-refractivity contribution in [1.82, 2.24) is 20.0 Å². The summed E-state index contributed by atoms with van der Waals surface area (Å²) in [6.45, 7) is 4.58. The maximum absolute atomic E-state index is 13.2. The fourth-order valence-corrected chi connectivity index (χ4v) is 4.70. The van der Waals surface area contributed by atoms with Crippen molar-refractivity contribution in [2.45, 2.75) is 19.3 Å². The topological polar surface area (TPSA) is 73.0 Å². The van der Waals surface area contributed by atoms with Gasteiger partial charge in [-0.2, -0.15) is 0 Å². The molecule has 1 atom stereocenters. The van der Waals surface area contributed by atoms with Gasteiger partial charge in [-0.25, -0.2) is 4.39 Å². The number of carbonyl (C=O) groups is 3. The van der Waals surface area contributed by atoms with Crippen LogP contribution in [0.3, 0.4) is 0 Å². The van der Waals surface area contributed by atoms with Gasteiger partial charge in [0.05, 0.1) is 6.54 Å². The van der Waals surface area contributed by atoms with Gasteiger partial charge in [0.1, 0.15) is 5.82 Å². The number of rotatable bonds is 4. The van der Waals surface area contributed by atoms with Crippen molar-refractivity contribution < 1.29 is 18.8 Å². The average Bonchev–Trinajstić information content (AvgIpc) is 3.45. The van der Waals surface area contributed by atoms with E-state index < -0.39 is 11.7 Å². The average molecular weight is 416 g/mol. The van der Waals surface area contributed by atoms with Crippen LogP contribution in [-0.2, 0) is 9.59 Å². The molecule has 2 heterocycles. The van der Waals surface area contributed by atoms with E-state index in [2.05, 4.69) is 17.3 Å². The second-order valence-electron chi connectivity index (χ2n) is 8.82. The molecule has 1 saturated carbocycles. The van der Waals surface area contributed by atoms with Gasteiger partial charge < -0.3 is 20.0 Å². The lowest BCUT2D eigenvalue weighted by atomic mass is 9.90. The number of piperidine rings is 1. The van der Waals surface area contributed by atoms with Crippen LogP contribution < -0.4 is 5.32 Å². The van der Waals surface area contributed by atoms with Crippen molar-refractivity contribution in [3.63, 3.8) is 0 Å². The molecule has 0 unspecified atom stereocenters. The van der Waals surface area contributed by atoms with Gasteiger partial charge in [0, 0.05) is 50.7 Å². The smallest absolute Gasteiger partial charge is 0.251 e. The first kappa shape index (κ1) is 20.8. The first-order chi connectivity index (χ1) is 14.4. The Morgan fingerprint density at radius 1 is 1.07 bits per heavy atom. The van der Waals surface area contributed by atoms with Crippen molar-refractivity contribution in [2.75, 3.05) is 52.9 Å². The standard InChI is InChI=1S/C22H29FN4O3/c1-25-9-11-27(12-10-25)21(30)18-14-22(18)5-7-26(8-6-22)19(28)15-24-20(29)16-3-2-4-17(23)13-16/h2-4,13,18H,5-12,14-15H2,1H3,(H,24,29)/t18-/m1/s1. The number of amides is 3. The molecular formula is C22H29FN4O3. The third-order valence-corrected chi connectivity index (χ3v) is 6.90. The van der Waals surface area contributed by atoms with Crippen molar-refractivity contribution >= 4 is 17.7 Å². The number of nitrogens with zero attached hydrogens (tertiary/aromatic N) is 3. The van der Waals surface area contributed by atoms with E-state index in [0.29, 0.717) is 13.1 Å². The zero-order chi connectivity index (χ0) is 21.3. The summed E-state index contributed by atoms with van der Waals surface area (Å²) < 4.78 is 13.2. The molecule has 3 aliphatic rings. The third kappa shape index (κ3) is 4.33. The van der Waals surface area contributed by atoms with E-state index in [1.54, 1.807) is 4.90 Å². The summed E-state index contributed by atoms with van der Waals surface area (Å²) in [6, 6.07) is 5.39. The maximum atomic E-state index is 13.2. The van der Waals surface area contributed by atoms with Gasteiger partial charge in [0.2, 0.25) is 11.8 Å². The number of carbonyl (C=O) groups excluding carboxylic acids is 3. The Bertz CT molecular complexity index is 829. The number of piperazine rings is 1. The Morgan fingerprint density at radius 3 is 2.43 bits per heavy atom. The highest BCUT2D eigenvalue weighted by Crippen LogP contribution is 2.60. The number of likely N-dealkylation sites (N-methyl/N-ethyl adjacent to an activating group) is 1. The van der Waals surface area contributed by atoms with Crippen LogP contribution in [0.1, 0.15) is 29.6 Å². The summed E-state index contributed by atoms with van der Waals surface area (Å²) in [7, 11) is 2.08. The van der Waals surface area contributed by atoms with Crippen LogP contribution in [0.4, 0.5) is 4.39 Å². The Hall–Kier alpha value is -2.48. The van der Waals surface area contributed by atoms with Crippen molar-refractivity contribution in [3.8, 4) is 0 Å². The molecule has 0 radical (unpaired) electrons. The number of nitrogens with one attached hydrogen (secondary N) is 1. The van der Waals surface area contributed by atoms with Gasteiger partial charge in [-0.1, -0.05) is 6.07 Å². The number of hydrogen-bond donors (Lipinski definition) is 1. The minimum atomic E-state index is -0.486. The molecule has 7 nitrogen and oxygen atoms in total. The fraction of sp³-hybridized carbons (Fsp3) is 0.591. The zero-order valence-corrected chi connectivity index (χ0v) is 17.4. The van der Waals surface area contributed by atoms with Crippen LogP contribution >= 0.6 is 0 Å². The van der Waals surface area contributed by atoms with Gasteiger partial charge >= 0.3 is 0 Å². The minimum absolute atomic E-state index is 0.0576. The van der Waals surface area contributed by atoms with E-state index in [1.807, 2.05) is 4.90 Å². The van der Waals surface area contributed by atoms with Crippen LogP contribution in [-0.4, -0.2) is 85.3 Å². The zero-order valence-electron chi connectivity index (χ0n) is 17.4. The molecule has 3 amide bonds. The number of likely N-dealkylation sites (tertiary alicyclic amines) is 1. The third-order valence-electron chi connectivity index (χ3n) is 6.90. The minimum Gasteiger partial charge on any atom is -0.343 e. The van der Waals surface area contributed by atoms with E-state index in [9.17, 15) is 18.8 Å². The summed E-state index contributed by atoms with van der Waals surface area (Å²) in [5, 5.41) is 2.57. The number of hydrogen-bond acceptors (Lipinski definition) is 4. The van der Waals surface area contributed by atoms with Crippen molar-refractivity contribution in [3.05, 3.63) is 35.6 Å². The number of benzene rings is 1. The highest BCUT2D eigenvalue weighted by Gasteiger charge is 2.59. The molecule has 1 spiro atoms. The second-order valence-corrected chi connectivity index (χ2v) is 8.82. The van der Waals surface area contributed by atoms with E-state index in [0.717, 1.165) is 51.5 Å². The quantitative estimate of drug-likeness (QED) is 0.794. The summed E-state index contributed by atoms with van der Waals surface area (Å²) in [4.78, 5) is 43.4. The van der Waals surface area contributed by atoms with Crippen LogP contribution in [0, 0.1) is 17.2 Å². The molecule has 3 fully saturated rings. The summed E-state index contributed by atoms with van der Waals surface area (Å²) in [5.74, 6) is -0.704. The molecule has 0 bridgehead atoms. The lowest BCUT2D eigenvalue weighted by Crippen LogP contribution is -2.49. The Kier molecular flexibility index (Phi) is 5.77. The summed E-state index contributed by atoms with van der Waals surface area (Å²) in [6.07, 6.45) is 2.60. The van der Waals surface area contributed by atoms with Crippen LogP contribution in [0.15, 0.2) is 24.3 Å². The van der Waals surface area contributed by atoms with E-state index in [4.69, 9.17) is 0 Å². The fourth-order valence-electron chi connectivity index (χ4n) is 4.70. The summed E-state index contributed by atoms with van der Waals surface area (Å²) >= 11 is 0. The van der Waals surface area contributed by atoms with E-state index in [1.165, 1.54) is 18.2 Å². The Morgan fingerprint density at radius 2 is 1.77 bits per heavy atom. The van der Waals surface area contributed by atoms with Gasteiger partial charge in [-0.05, 0) is 49.9 Å². The van der Waals surface area contributed by atoms with Crippen molar-refractivity contribution in [1.29, 1.82) is 0 Å². The highest BCUT2D eigenvalue weighted by molar-refractivity contribution is 5.96. The highest BCUT2D eigenvalue weighted by atomic mass is 19.1. The van der Waals surface area contributed by atoms with Gasteiger partial charge in [0.15, 0.2) is 0 Å². The van der Waals surface area contributed by atoms with Gasteiger partial charge in [-0.3, -0.25) is 14.4 Å². The van der Waals surface area contributed by atoms with E-state index in [-0.39, 0.29) is 35.3 Å². The Balaban J connectivity index is 1.22. The largest absolute Gasteiger partial charge is 0.343 e. The molecule has 4 rings (SSSR count). The lowest BCUT2D eigenvalue weighted by Gasteiger charge is -2.35. The van der Waals surface area contributed by atoms with Gasteiger partial charge in [0.25, 0.3) is 5.91 Å². The first-order valence-corrected chi connectivity index (χ1v) is 10.7. The van der Waals surface area contributed by atoms with Crippen LogP contribution in [0.25, 0.3) is 0 Å². The maximum Gasteiger partial charge on any atom is 0.251 e. The van der Waals surface area contributed by atoms with E-state index >= 15 is 0 Å². The van der Waals surface area contributed by atoms with Gasteiger partial charge in [-0.15, -0.1) is 0 Å². The monoisotopic (exact) mass is 416 g/mol. The molecule has 2 aliphatic heterocycles. The molecule has 8 heteroatoms. The predicted octanol–water partition coefficient (Wildman–Crippen LogP) is 0.958. The molecule has 30 heavy (non-hydrogen) atoms. The summed E-state index contributed by atoms with van der Waals surface area (Å²) in [5.41, 5.74) is 0.255. The molecular weight excluding hydrogens is 387 g/mol. The molecule has 0 aromatic heterocycles. The van der Waals surface area contributed by atoms with Crippen molar-refractivity contribution in [2.24, 2.45) is 11.3 Å². The Labute approximate surface area is 176 Å². The molecule has 2 saturated heterocycles. The molecule has 1 N–H and O–H groups in total. The first-order valence-electron chi connectivity index (χ1n) is 10.7. The van der Waals surface area contributed by atoms with Crippen LogP contribution in [0.2, 0.25) is 0 Å². The lowest BCUT2D eigenvalue weighted by molar-refractivity contribution is -0.135. The molecule has 1 aliphatic carbocycles. The van der Waals surface area contributed by atoms with Crippen LogP contribution in [0.5, 0.6) is 0 Å². The SMILES string of the molecule is CN1CCN(C(=O)[C@H]2CC23CCN(C(=O)CNC(=O)c2cccc(F)c2)CC3)CC1. The molecule has 162 valence electrons. The normalized spacial score (nSPS) is 23.3. The molecule has 1 aromatic rings. The number of halogens is 1. The predicted molar refractivity (Wildman–Crippen MR) is 109 cm³/mol.